The summed E-state index contributed by atoms with van der Waals surface area (Å²) in [4.78, 5) is 4.66. The molecular formula is C11H17NO. The Bertz CT molecular complexity index is 248. The zero-order valence-corrected chi connectivity index (χ0v) is 8.20. The van der Waals surface area contributed by atoms with Gasteiger partial charge in [0.05, 0.1) is 6.10 Å². The van der Waals surface area contributed by atoms with E-state index in [9.17, 15) is 0 Å². The second-order valence-corrected chi connectivity index (χ2v) is 4.81. The highest BCUT2D eigenvalue weighted by Crippen LogP contribution is 2.40. The molecule has 3 rings (SSSR count). The van der Waals surface area contributed by atoms with E-state index in [4.69, 9.17) is 4.74 Å². The quantitative estimate of drug-likeness (QED) is 0.556. The van der Waals surface area contributed by atoms with E-state index >= 15 is 0 Å². The Balaban J connectivity index is 1.81. The summed E-state index contributed by atoms with van der Waals surface area (Å²) in [6.07, 6.45) is 4.33. The number of rotatable bonds is 0. The monoisotopic (exact) mass is 179 g/mol. The molecule has 0 spiro atoms. The number of ether oxygens (including phenoxy) is 1. The molecule has 72 valence electrons. The predicted octanol–water partition coefficient (Wildman–Crippen LogP) is 1.89. The molecule has 13 heavy (non-hydrogen) atoms. The standard InChI is InChI=1S/C11H17NO/c1-7-6-12-10-4-8-2-3-13-11(8)5-9(7)10/h7-9,11H,2-6H2,1H3/t7-,8+,9+,11-/m1/s1. The smallest absolute Gasteiger partial charge is 0.0614 e. The summed E-state index contributed by atoms with van der Waals surface area (Å²) >= 11 is 0. The van der Waals surface area contributed by atoms with Gasteiger partial charge in [-0.25, -0.2) is 0 Å². The minimum Gasteiger partial charge on any atom is -0.378 e. The van der Waals surface area contributed by atoms with Crippen molar-refractivity contribution in [1.29, 1.82) is 0 Å². The van der Waals surface area contributed by atoms with Gasteiger partial charge in [0.2, 0.25) is 0 Å². The van der Waals surface area contributed by atoms with Crippen LogP contribution in [0.4, 0.5) is 0 Å². The molecular weight excluding hydrogens is 162 g/mol. The van der Waals surface area contributed by atoms with Gasteiger partial charge >= 0.3 is 0 Å². The highest BCUT2D eigenvalue weighted by atomic mass is 16.5. The molecule has 3 aliphatic rings. The van der Waals surface area contributed by atoms with Crippen LogP contribution in [0.15, 0.2) is 4.99 Å². The summed E-state index contributed by atoms with van der Waals surface area (Å²) in [5.74, 6) is 2.35. The van der Waals surface area contributed by atoms with Crippen molar-refractivity contribution in [3.63, 3.8) is 0 Å². The summed E-state index contributed by atoms with van der Waals surface area (Å²) in [7, 11) is 0. The zero-order valence-electron chi connectivity index (χ0n) is 8.20. The second kappa shape index (κ2) is 2.81. The van der Waals surface area contributed by atoms with E-state index in [0.29, 0.717) is 6.10 Å². The molecule has 0 aromatic carbocycles. The molecule has 4 atom stereocenters. The Morgan fingerprint density at radius 2 is 2.38 bits per heavy atom. The molecule has 0 aromatic rings. The Morgan fingerprint density at radius 1 is 1.46 bits per heavy atom. The van der Waals surface area contributed by atoms with Crippen LogP contribution in [0.2, 0.25) is 0 Å². The van der Waals surface area contributed by atoms with E-state index in [1.165, 1.54) is 25.0 Å². The van der Waals surface area contributed by atoms with Gasteiger partial charge in [-0.15, -0.1) is 0 Å². The maximum atomic E-state index is 5.76. The van der Waals surface area contributed by atoms with Crippen LogP contribution < -0.4 is 0 Å². The molecule has 2 fully saturated rings. The molecule has 0 aromatic heterocycles. The third-order valence-corrected chi connectivity index (χ3v) is 4.00. The van der Waals surface area contributed by atoms with Crippen LogP contribution in [-0.4, -0.2) is 25.0 Å². The lowest BCUT2D eigenvalue weighted by Crippen LogP contribution is -2.34. The fourth-order valence-electron chi connectivity index (χ4n) is 3.12. The van der Waals surface area contributed by atoms with Crippen LogP contribution in [0.3, 0.4) is 0 Å². The lowest BCUT2D eigenvalue weighted by molar-refractivity contribution is 0.0661. The van der Waals surface area contributed by atoms with Gasteiger partial charge < -0.3 is 4.74 Å². The number of aliphatic imine (C=N–C) groups is 1. The number of fused-ring (bicyclic) bond motifs is 2. The molecule has 0 unspecified atom stereocenters. The van der Waals surface area contributed by atoms with Crippen LogP contribution in [0.5, 0.6) is 0 Å². The number of hydrogen-bond acceptors (Lipinski definition) is 2. The van der Waals surface area contributed by atoms with E-state index in [1.54, 1.807) is 0 Å². The highest BCUT2D eigenvalue weighted by Gasteiger charge is 2.41. The van der Waals surface area contributed by atoms with Gasteiger partial charge in [0, 0.05) is 24.8 Å². The normalized spacial score (nSPS) is 48.5. The molecule has 0 radical (unpaired) electrons. The van der Waals surface area contributed by atoms with Gasteiger partial charge in [-0.05, 0) is 31.1 Å². The third kappa shape index (κ3) is 1.15. The van der Waals surface area contributed by atoms with Crippen molar-refractivity contribution in [3.05, 3.63) is 0 Å². The molecule has 0 amide bonds. The highest BCUT2D eigenvalue weighted by molar-refractivity contribution is 5.89. The van der Waals surface area contributed by atoms with Gasteiger partial charge in [-0.2, -0.15) is 0 Å². The van der Waals surface area contributed by atoms with E-state index in [-0.39, 0.29) is 0 Å². The van der Waals surface area contributed by atoms with Crippen LogP contribution in [0, 0.1) is 17.8 Å². The second-order valence-electron chi connectivity index (χ2n) is 4.81. The largest absolute Gasteiger partial charge is 0.378 e. The average Bonchev–Trinajstić information content (AvgIpc) is 2.70. The molecule has 2 aliphatic heterocycles. The third-order valence-electron chi connectivity index (χ3n) is 4.00. The van der Waals surface area contributed by atoms with Gasteiger partial charge in [-0.3, -0.25) is 4.99 Å². The molecule has 1 saturated carbocycles. The fraction of sp³-hybridized carbons (Fsp3) is 0.909. The molecule has 1 saturated heterocycles. The summed E-state index contributed by atoms with van der Waals surface area (Å²) in [5.41, 5.74) is 1.51. The maximum Gasteiger partial charge on any atom is 0.0614 e. The van der Waals surface area contributed by atoms with Crippen molar-refractivity contribution >= 4 is 5.71 Å². The first kappa shape index (κ1) is 7.98. The van der Waals surface area contributed by atoms with Crippen molar-refractivity contribution in [2.24, 2.45) is 22.7 Å². The Hall–Kier alpha value is -0.370. The molecule has 2 nitrogen and oxygen atoms in total. The van der Waals surface area contributed by atoms with E-state index in [1.807, 2.05) is 0 Å². The molecule has 2 heteroatoms. The van der Waals surface area contributed by atoms with E-state index in [2.05, 4.69) is 11.9 Å². The van der Waals surface area contributed by atoms with Crippen molar-refractivity contribution in [1.82, 2.24) is 0 Å². The zero-order chi connectivity index (χ0) is 8.84. The first-order valence-corrected chi connectivity index (χ1v) is 5.49. The average molecular weight is 179 g/mol. The first-order valence-electron chi connectivity index (χ1n) is 5.49. The SMILES string of the molecule is C[C@@H]1CN=C2C[C@@H]3CCO[C@@H]3C[C@H]21. The van der Waals surface area contributed by atoms with Crippen LogP contribution in [0.1, 0.15) is 26.2 Å². The van der Waals surface area contributed by atoms with Gasteiger partial charge in [0.25, 0.3) is 0 Å². The topological polar surface area (TPSA) is 21.6 Å². The summed E-state index contributed by atoms with van der Waals surface area (Å²) in [6, 6.07) is 0. The lowest BCUT2D eigenvalue weighted by Gasteiger charge is -2.31. The Labute approximate surface area is 79.4 Å². The number of hydrogen-bond donors (Lipinski definition) is 0. The Kier molecular flexibility index (Phi) is 1.72. The minimum absolute atomic E-state index is 0.574. The van der Waals surface area contributed by atoms with E-state index in [0.717, 1.165) is 30.9 Å². The summed E-state index contributed by atoms with van der Waals surface area (Å²) < 4.78 is 5.76. The predicted molar refractivity (Wildman–Crippen MR) is 52.0 cm³/mol. The van der Waals surface area contributed by atoms with E-state index < -0.39 is 0 Å². The fourth-order valence-corrected chi connectivity index (χ4v) is 3.12. The number of nitrogens with zero attached hydrogens (tertiary/aromatic N) is 1. The molecule has 1 aliphatic carbocycles. The van der Waals surface area contributed by atoms with Crippen LogP contribution in [-0.2, 0) is 4.74 Å². The molecule has 0 N–H and O–H groups in total. The Morgan fingerprint density at radius 3 is 3.31 bits per heavy atom. The van der Waals surface area contributed by atoms with Crippen molar-refractivity contribution in [2.45, 2.75) is 32.3 Å². The molecule has 0 bridgehead atoms. The van der Waals surface area contributed by atoms with Crippen LogP contribution in [0.25, 0.3) is 0 Å². The minimum atomic E-state index is 0.574. The maximum absolute atomic E-state index is 5.76. The lowest BCUT2D eigenvalue weighted by atomic mass is 9.75. The van der Waals surface area contributed by atoms with Crippen molar-refractivity contribution in [3.8, 4) is 0 Å². The van der Waals surface area contributed by atoms with Gasteiger partial charge in [-0.1, -0.05) is 6.92 Å². The van der Waals surface area contributed by atoms with Crippen LogP contribution >= 0.6 is 0 Å². The molecule has 2 heterocycles. The first-order chi connectivity index (χ1) is 6.34. The summed E-state index contributed by atoms with van der Waals surface area (Å²) in [5, 5.41) is 0. The van der Waals surface area contributed by atoms with Crippen molar-refractivity contribution in [2.75, 3.05) is 13.2 Å². The summed E-state index contributed by atoms with van der Waals surface area (Å²) in [6.45, 7) is 4.39. The van der Waals surface area contributed by atoms with Crippen molar-refractivity contribution < 1.29 is 4.74 Å². The van der Waals surface area contributed by atoms with Gasteiger partial charge in [0.1, 0.15) is 0 Å². The van der Waals surface area contributed by atoms with Gasteiger partial charge in [0.15, 0.2) is 0 Å².